The number of nitrogens with zero attached hydrogens (tertiary/aromatic N) is 1. The van der Waals surface area contributed by atoms with Gasteiger partial charge in [0.2, 0.25) is 5.91 Å². The van der Waals surface area contributed by atoms with Crippen molar-refractivity contribution in [3.8, 4) is 12.3 Å². The van der Waals surface area contributed by atoms with Crippen LogP contribution in [0.15, 0.2) is 0 Å². The maximum absolute atomic E-state index is 11.8. The molecule has 1 aliphatic rings. The molecule has 4 nitrogen and oxygen atoms in total. The van der Waals surface area contributed by atoms with Crippen molar-refractivity contribution in [2.75, 3.05) is 19.7 Å². The van der Waals surface area contributed by atoms with Gasteiger partial charge < -0.3 is 15.4 Å². The highest BCUT2D eigenvalue weighted by Gasteiger charge is 2.26. The van der Waals surface area contributed by atoms with Gasteiger partial charge in [0, 0.05) is 19.5 Å². The normalized spacial score (nSPS) is 23.3. The van der Waals surface area contributed by atoms with Gasteiger partial charge >= 0.3 is 0 Å². The van der Waals surface area contributed by atoms with E-state index in [1.807, 2.05) is 6.92 Å². The van der Waals surface area contributed by atoms with Crippen LogP contribution in [0.5, 0.6) is 0 Å². The van der Waals surface area contributed by atoms with Crippen LogP contribution in [0.2, 0.25) is 0 Å². The molecule has 2 unspecified atom stereocenters. The second kappa shape index (κ2) is 5.74. The molecule has 1 heterocycles. The Kier molecular flexibility index (Phi) is 4.60. The zero-order valence-electron chi connectivity index (χ0n) is 9.11. The number of ether oxygens (including phenoxy) is 1. The molecule has 0 bridgehead atoms. The predicted octanol–water partition coefficient (Wildman–Crippen LogP) is -0.0256. The summed E-state index contributed by atoms with van der Waals surface area (Å²) < 4.78 is 5.47. The van der Waals surface area contributed by atoms with Gasteiger partial charge in [-0.1, -0.05) is 6.92 Å². The number of carbonyl (C=O) groups excluding carboxylic acids is 1. The van der Waals surface area contributed by atoms with Crippen LogP contribution < -0.4 is 5.73 Å². The van der Waals surface area contributed by atoms with E-state index < -0.39 is 6.04 Å². The molecule has 0 aromatic heterocycles. The van der Waals surface area contributed by atoms with Gasteiger partial charge in [-0.2, -0.15) is 0 Å². The molecule has 0 saturated carbocycles. The number of terminal acetylenes is 1. The van der Waals surface area contributed by atoms with Crippen molar-refractivity contribution in [2.24, 2.45) is 5.73 Å². The number of carbonyl (C=O) groups is 1. The molecule has 0 spiro atoms. The molecule has 1 rings (SSSR count). The molecular weight excluding hydrogens is 192 g/mol. The highest BCUT2D eigenvalue weighted by atomic mass is 16.5. The van der Waals surface area contributed by atoms with Crippen LogP contribution in [0, 0.1) is 12.3 Å². The standard InChI is InChI=1S/C11H18N2O2/c1-3-5-10(12)11(14)13-6-7-15-9(4-2)8-13/h1,9-10H,4-8,12H2,2H3. The number of hydrogen-bond acceptors (Lipinski definition) is 3. The third-order valence-electron chi connectivity index (χ3n) is 2.56. The van der Waals surface area contributed by atoms with Gasteiger partial charge in [-0.05, 0) is 6.42 Å². The van der Waals surface area contributed by atoms with Crippen molar-refractivity contribution in [2.45, 2.75) is 31.9 Å². The summed E-state index contributed by atoms with van der Waals surface area (Å²) in [6.45, 7) is 3.88. The second-order valence-electron chi connectivity index (χ2n) is 3.70. The first-order valence-electron chi connectivity index (χ1n) is 5.28. The molecule has 2 N–H and O–H groups in total. The van der Waals surface area contributed by atoms with E-state index in [0.717, 1.165) is 6.42 Å². The number of nitrogens with two attached hydrogens (primary N) is 1. The summed E-state index contributed by atoms with van der Waals surface area (Å²) in [5, 5.41) is 0. The van der Waals surface area contributed by atoms with Crippen molar-refractivity contribution in [3.05, 3.63) is 0 Å². The Morgan fingerprint density at radius 1 is 1.80 bits per heavy atom. The number of hydrogen-bond donors (Lipinski definition) is 1. The third-order valence-corrected chi connectivity index (χ3v) is 2.56. The van der Waals surface area contributed by atoms with Crippen LogP contribution >= 0.6 is 0 Å². The number of amides is 1. The van der Waals surface area contributed by atoms with Gasteiger partial charge in [0.1, 0.15) is 0 Å². The topological polar surface area (TPSA) is 55.6 Å². The minimum atomic E-state index is -0.564. The lowest BCUT2D eigenvalue weighted by Gasteiger charge is -2.33. The summed E-state index contributed by atoms with van der Waals surface area (Å²) in [7, 11) is 0. The third kappa shape index (κ3) is 3.22. The van der Waals surface area contributed by atoms with Gasteiger partial charge in [-0.15, -0.1) is 12.3 Å². The molecule has 1 amide bonds. The van der Waals surface area contributed by atoms with E-state index in [-0.39, 0.29) is 12.0 Å². The quantitative estimate of drug-likeness (QED) is 0.666. The summed E-state index contributed by atoms with van der Waals surface area (Å²) >= 11 is 0. The molecule has 0 aromatic carbocycles. The Hall–Kier alpha value is -1.05. The zero-order chi connectivity index (χ0) is 11.3. The molecule has 15 heavy (non-hydrogen) atoms. The van der Waals surface area contributed by atoms with Crippen molar-refractivity contribution in [1.29, 1.82) is 0 Å². The van der Waals surface area contributed by atoms with Crippen molar-refractivity contribution in [1.82, 2.24) is 4.90 Å². The van der Waals surface area contributed by atoms with E-state index in [1.54, 1.807) is 4.90 Å². The lowest BCUT2D eigenvalue weighted by molar-refractivity contribution is -0.140. The molecule has 1 saturated heterocycles. The molecular formula is C11H18N2O2. The monoisotopic (exact) mass is 210 g/mol. The molecule has 0 aromatic rings. The number of morpholine rings is 1. The van der Waals surface area contributed by atoms with E-state index in [9.17, 15) is 4.79 Å². The van der Waals surface area contributed by atoms with Crippen LogP contribution in [0.25, 0.3) is 0 Å². The summed E-state index contributed by atoms with van der Waals surface area (Å²) in [4.78, 5) is 13.5. The summed E-state index contributed by atoms with van der Waals surface area (Å²) in [5.41, 5.74) is 5.67. The van der Waals surface area contributed by atoms with Crippen molar-refractivity contribution >= 4 is 5.91 Å². The minimum absolute atomic E-state index is 0.0605. The van der Waals surface area contributed by atoms with Crippen molar-refractivity contribution in [3.63, 3.8) is 0 Å². The average Bonchev–Trinajstić information content (AvgIpc) is 2.28. The zero-order valence-corrected chi connectivity index (χ0v) is 9.11. The van der Waals surface area contributed by atoms with E-state index in [1.165, 1.54) is 0 Å². The molecule has 1 aliphatic heterocycles. The Morgan fingerprint density at radius 3 is 3.13 bits per heavy atom. The van der Waals surface area contributed by atoms with E-state index in [0.29, 0.717) is 26.1 Å². The Balaban J connectivity index is 2.49. The maximum Gasteiger partial charge on any atom is 0.240 e. The minimum Gasteiger partial charge on any atom is -0.375 e. The first-order valence-corrected chi connectivity index (χ1v) is 5.28. The van der Waals surface area contributed by atoms with E-state index >= 15 is 0 Å². The lowest BCUT2D eigenvalue weighted by atomic mass is 10.1. The molecule has 4 heteroatoms. The fourth-order valence-corrected chi connectivity index (χ4v) is 1.62. The average molecular weight is 210 g/mol. The number of rotatable bonds is 3. The van der Waals surface area contributed by atoms with Gasteiger partial charge in [-0.25, -0.2) is 0 Å². The van der Waals surface area contributed by atoms with Crippen molar-refractivity contribution < 1.29 is 9.53 Å². The smallest absolute Gasteiger partial charge is 0.240 e. The Bertz CT molecular complexity index is 260. The van der Waals surface area contributed by atoms with E-state index in [4.69, 9.17) is 16.9 Å². The SMILES string of the molecule is C#CCC(N)C(=O)N1CCOC(CC)C1. The fraction of sp³-hybridized carbons (Fsp3) is 0.727. The highest BCUT2D eigenvalue weighted by molar-refractivity contribution is 5.82. The summed E-state index contributed by atoms with van der Waals surface area (Å²) in [6.07, 6.45) is 6.47. The lowest BCUT2D eigenvalue weighted by Crippen LogP contribution is -2.51. The maximum atomic E-state index is 11.8. The van der Waals surface area contributed by atoms with Crippen LogP contribution in [-0.2, 0) is 9.53 Å². The Labute approximate surface area is 90.8 Å². The van der Waals surface area contributed by atoms with Gasteiger partial charge in [0.25, 0.3) is 0 Å². The van der Waals surface area contributed by atoms with Gasteiger partial charge in [0.15, 0.2) is 0 Å². The first-order chi connectivity index (χ1) is 7.19. The largest absolute Gasteiger partial charge is 0.375 e. The second-order valence-corrected chi connectivity index (χ2v) is 3.70. The summed E-state index contributed by atoms with van der Waals surface area (Å²) in [6, 6.07) is -0.564. The fourth-order valence-electron chi connectivity index (χ4n) is 1.62. The van der Waals surface area contributed by atoms with Crippen LogP contribution in [0.1, 0.15) is 19.8 Å². The molecule has 0 aliphatic carbocycles. The highest BCUT2D eigenvalue weighted by Crippen LogP contribution is 2.09. The Morgan fingerprint density at radius 2 is 2.53 bits per heavy atom. The molecule has 1 fully saturated rings. The van der Waals surface area contributed by atoms with Gasteiger partial charge in [0.05, 0.1) is 18.8 Å². The van der Waals surface area contributed by atoms with Crippen LogP contribution in [0.4, 0.5) is 0 Å². The molecule has 84 valence electrons. The van der Waals surface area contributed by atoms with Crippen LogP contribution in [-0.4, -0.2) is 42.6 Å². The summed E-state index contributed by atoms with van der Waals surface area (Å²) in [5.74, 6) is 2.35. The predicted molar refractivity (Wildman–Crippen MR) is 58.0 cm³/mol. The molecule has 2 atom stereocenters. The van der Waals surface area contributed by atoms with Gasteiger partial charge in [-0.3, -0.25) is 4.79 Å². The first kappa shape index (κ1) is 12.0. The van der Waals surface area contributed by atoms with E-state index in [2.05, 4.69) is 5.92 Å². The van der Waals surface area contributed by atoms with Crippen LogP contribution in [0.3, 0.4) is 0 Å². The molecule has 0 radical (unpaired) electrons.